The van der Waals surface area contributed by atoms with Gasteiger partial charge in [-0.05, 0) is 41.3 Å². The van der Waals surface area contributed by atoms with Crippen molar-refractivity contribution in [2.24, 2.45) is 0 Å². The fourth-order valence-corrected chi connectivity index (χ4v) is 5.17. The summed E-state index contributed by atoms with van der Waals surface area (Å²) in [6, 6.07) is 9.26. The van der Waals surface area contributed by atoms with Crippen molar-refractivity contribution in [3.05, 3.63) is 76.9 Å². The number of ether oxygens (including phenoxy) is 3. The number of nitrogens with zero attached hydrogens (tertiary/aromatic N) is 1. The highest BCUT2D eigenvalue weighted by atomic mass is 19.2. The van der Waals surface area contributed by atoms with Crippen molar-refractivity contribution in [1.29, 1.82) is 0 Å². The molecule has 0 radical (unpaired) electrons. The molecule has 0 saturated heterocycles. The number of hydrogen-bond donors (Lipinski definition) is 2. The number of aliphatic carboxylic acids is 1. The maximum absolute atomic E-state index is 13.9. The number of carboxylic acid groups (broad SMARTS) is 1. The molecule has 0 saturated carbocycles. The lowest BCUT2D eigenvalue weighted by molar-refractivity contribution is -0.140. The number of carbonyl (C=O) groups is 3. The summed E-state index contributed by atoms with van der Waals surface area (Å²) in [4.78, 5) is 39.3. The van der Waals surface area contributed by atoms with Crippen LogP contribution in [0, 0.1) is 23.3 Å². The van der Waals surface area contributed by atoms with E-state index in [1.54, 1.807) is 11.0 Å². The number of halogens is 4. The minimum atomic E-state index is -1.82. The Labute approximate surface area is 249 Å². The molecule has 1 amide bonds. The number of Topliss-reactive ketones (excluding diaryl/α,β-unsaturated/α-hetero) is 1. The molecule has 2 heterocycles. The van der Waals surface area contributed by atoms with E-state index in [1.807, 2.05) is 37.3 Å². The van der Waals surface area contributed by atoms with Gasteiger partial charge in [0.05, 0.1) is 12.5 Å². The summed E-state index contributed by atoms with van der Waals surface area (Å²) in [6.07, 6.45) is -0.264. The molecular weight excluding hydrogens is 588 g/mol. The van der Waals surface area contributed by atoms with Gasteiger partial charge in [0.15, 0.2) is 34.7 Å². The summed E-state index contributed by atoms with van der Waals surface area (Å²) in [7, 11) is 0. The van der Waals surface area contributed by atoms with Crippen molar-refractivity contribution in [2.45, 2.75) is 38.4 Å². The van der Waals surface area contributed by atoms with Crippen LogP contribution >= 0.6 is 0 Å². The van der Waals surface area contributed by atoms with E-state index in [0.29, 0.717) is 43.2 Å². The summed E-state index contributed by atoms with van der Waals surface area (Å²) < 4.78 is 70.8. The Balaban J connectivity index is 1.26. The van der Waals surface area contributed by atoms with Crippen LogP contribution in [-0.4, -0.2) is 66.1 Å². The molecule has 3 aromatic carbocycles. The highest BCUT2D eigenvalue weighted by molar-refractivity contribution is 6.00. The zero-order valence-corrected chi connectivity index (χ0v) is 23.5. The second-order valence-electron chi connectivity index (χ2n) is 10.3. The van der Waals surface area contributed by atoms with Crippen molar-refractivity contribution >= 4 is 17.7 Å². The molecule has 0 aliphatic carbocycles. The number of amides is 1. The monoisotopic (exact) mass is 616 g/mol. The van der Waals surface area contributed by atoms with Crippen LogP contribution in [0.4, 0.5) is 17.6 Å². The molecule has 232 valence electrons. The van der Waals surface area contributed by atoms with Crippen molar-refractivity contribution < 1.29 is 51.3 Å². The normalized spacial score (nSPS) is 15.1. The number of ketones is 1. The Hall–Kier alpha value is -4.65. The highest BCUT2D eigenvalue weighted by Crippen LogP contribution is 2.36. The van der Waals surface area contributed by atoms with Gasteiger partial charge < -0.3 is 29.5 Å². The smallest absolute Gasteiger partial charge is 0.305 e. The van der Waals surface area contributed by atoms with Crippen LogP contribution in [0.3, 0.4) is 0 Å². The van der Waals surface area contributed by atoms with Gasteiger partial charge in [0.1, 0.15) is 19.8 Å². The lowest BCUT2D eigenvalue weighted by Crippen LogP contribution is -2.48. The average Bonchev–Trinajstić information content (AvgIpc) is 3.34. The maximum atomic E-state index is 13.9. The fourth-order valence-electron chi connectivity index (χ4n) is 5.17. The topological polar surface area (TPSA) is 114 Å². The first-order valence-electron chi connectivity index (χ1n) is 13.8. The number of rotatable bonds is 12. The largest absolute Gasteiger partial charge is 0.486 e. The Morgan fingerprint density at radius 1 is 0.977 bits per heavy atom. The molecule has 2 aliphatic heterocycles. The van der Waals surface area contributed by atoms with E-state index >= 15 is 0 Å². The molecule has 0 unspecified atom stereocenters. The third-order valence-electron chi connectivity index (χ3n) is 7.53. The average molecular weight is 617 g/mol. The summed E-state index contributed by atoms with van der Waals surface area (Å²) >= 11 is 0. The predicted octanol–water partition coefficient (Wildman–Crippen LogP) is 4.50. The zero-order chi connectivity index (χ0) is 31.5. The van der Waals surface area contributed by atoms with Gasteiger partial charge in [0.2, 0.25) is 11.6 Å². The van der Waals surface area contributed by atoms with Gasteiger partial charge in [0.25, 0.3) is 5.91 Å². The minimum absolute atomic E-state index is 0.00379. The molecule has 13 heteroatoms. The van der Waals surface area contributed by atoms with Crippen LogP contribution in [0.15, 0.2) is 42.5 Å². The molecular formula is C31H28F4N2O7. The zero-order valence-electron chi connectivity index (χ0n) is 23.5. The molecule has 2 atom stereocenters. The van der Waals surface area contributed by atoms with E-state index in [9.17, 15) is 37.1 Å². The van der Waals surface area contributed by atoms with E-state index < -0.39 is 65.9 Å². The molecule has 0 spiro atoms. The van der Waals surface area contributed by atoms with E-state index in [1.165, 1.54) is 0 Å². The van der Waals surface area contributed by atoms with Gasteiger partial charge in [-0.25, -0.2) is 8.78 Å². The van der Waals surface area contributed by atoms with E-state index in [0.717, 1.165) is 16.7 Å². The predicted molar refractivity (Wildman–Crippen MR) is 148 cm³/mol. The molecule has 2 aliphatic rings. The minimum Gasteiger partial charge on any atom is -0.486 e. The van der Waals surface area contributed by atoms with Crippen molar-refractivity contribution in [2.75, 3.05) is 26.4 Å². The number of carboxylic acids is 1. The van der Waals surface area contributed by atoms with Crippen molar-refractivity contribution in [1.82, 2.24) is 10.2 Å². The van der Waals surface area contributed by atoms with E-state index in [2.05, 4.69) is 5.32 Å². The van der Waals surface area contributed by atoms with Gasteiger partial charge >= 0.3 is 5.97 Å². The lowest BCUT2D eigenvalue weighted by Gasteiger charge is -2.28. The van der Waals surface area contributed by atoms with Crippen LogP contribution in [-0.2, 0) is 16.1 Å². The maximum Gasteiger partial charge on any atom is 0.305 e. The molecule has 3 aromatic rings. The summed E-state index contributed by atoms with van der Waals surface area (Å²) in [5.41, 5.74) is 2.96. The van der Waals surface area contributed by atoms with Crippen LogP contribution < -0.4 is 19.5 Å². The third-order valence-corrected chi connectivity index (χ3v) is 7.53. The molecule has 9 nitrogen and oxygen atoms in total. The first-order chi connectivity index (χ1) is 21.1. The molecule has 0 aromatic heterocycles. The molecule has 2 N–H and O–H groups in total. The quantitative estimate of drug-likeness (QED) is 0.226. The summed E-state index contributed by atoms with van der Waals surface area (Å²) in [5, 5.41) is 12.1. The second-order valence-corrected chi connectivity index (χ2v) is 10.3. The highest BCUT2D eigenvalue weighted by Gasteiger charge is 2.33. The molecule has 0 bridgehead atoms. The van der Waals surface area contributed by atoms with Crippen LogP contribution in [0.5, 0.6) is 17.2 Å². The first-order valence-corrected chi connectivity index (χ1v) is 13.8. The van der Waals surface area contributed by atoms with Crippen LogP contribution in [0.25, 0.3) is 11.1 Å². The van der Waals surface area contributed by atoms with Crippen LogP contribution in [0.2, 0.25) is 0 Å². The number of fused-ring (bicyclic) bond motifs is 2. The van der Waals surface area contributed by atoms with E-state index in [-0.39, 0.29) is 18.5 Å². The number of hydrogen-bond acceptors (Lipinski definition) is 7. The van der Waals surface area contributed by atoms with Gasteiger partial charge in [-0.3, -0.25) is 14.4 Å². The fraction of sp³-hybridized carbons (Fsp3) is 0.323. The Morgan fingerprint density at radius 2 is 1.64 bits per heavy atom. The Bertz CT molecular complexity index is 1590. The van der Waals surface area contributed by atoms with Gasteiger partial charge in [-0.1, -0.05) is 25.1 Å². The molecule has 5 rings (SSSR count). The lowest BCUT2D eigenvalue weighted by atomic mass is 10.00. The Kier molecular flexibility index (Phi) is 9.04. The van der Waals surface area contributed by atoms with Gasteiger partial charge in [0, 0.05) is 30.8 Å². The number of nitrogens with one attached hydrogen (secondary N) is 1. The standard InChI is InChI=1S/C31H28F4N2O7/c1-2-19(13-36-23(12-27(39)40)24(38)15-44-30-28(34)21(32)11-22(33)29(30)35)37-14-18-4-3-16(9-20(18)31(37)41)17-5-6-25-26(10-17)43-8-7-42-25/h3-6,9-11,19,23,36H,2,7-8,12-15H2,1H3,(H,39,40)/t19-,23+/m0/s1. The van der Waals surface area contributed by atoms with Gasteiger partial charge in [-0.15, -0.1) is 0 Å². The van der Waals surface area contributed by atoms with Gasteiger partial charge in [-0.2, -0.15) is 8.78 Å². The molecule has 44 heavy (non-hydrogen) atoms. The number of carbonyl (C=O) groups excluding carboxylic acids is 2. The molecule has 0 fully saturated rings. The van der Waals surface area contributed by atoms with Crippen molar-refractivity contribution in [3.8, 4) is 28.4 Å². The third kappa shape index (κ3) is 6.32. The Morgan fingerprint density at radius 3 is 2.32 bits per heavy atom. The summed E-state index contributed by atoms with van der Waals surface area (Å²) in [5.74, 6) is -9.75. The second kappa shape index (κ2) is 12.9. The summed E-state index contributed by atoms with van der Waals surface area (Å²) in [6.45, 7) is 1.97. The van der Waals surface area contributed by atoms with Crippen LogP contribution in [0.1, 0.15) is 35.7 Å². The number of benzene rings is 3. The first kappa shape index (κ1) is 30.8. The van der Waals surface area contributed by atoms with E-state index in [4.69, 9.17) is 14.2 Å². The van der Waals surface area contributed by atoms with Crippen molar-refractivity contribution in [3.63, 3.8) is 0 Å². The SMILES string of the molecule is CC[C@@H](CN[C@H](CC(=O)O)C(=O)COc1c(F)c(F)cc(F)c1F)N1Cc2ccc(-c3ccc4c(c3)OCCO4)cc2C1=O.